The van der Waals surface area contributed by atoms with E-state index in [0.717, 1.165) is 30.6 Å². The van der Waals surface area contributed by atoms with E-state index in [9.17, 15) is 4.79 Å². The number of rotatable bonds is 6. The van der Waals surface area contributed by atoms with Gasteiger partial charge >= 0.3 is 0 Å². The first-order valence-electron chi connectivity index (χ1n) is 9.02. The maximum absolute atomic E-state index is 13.7. The molecule has 1 aliphatic rings. The predicted molar refractivity (Wildman–Crippen MR) is 104 cm³/mol. The summed E-state index contributed by atoms with van der Waals surface area (Å²) in [5.41, 5.74) is 1.67. The third kappa shape index (κ3) is 3.30. The van der Waals surface area contributed by atoms with Crippen LogP contribution in [0.15, 0.2) is 60.7 Å². The molecule has 1 aliphatic heterocycles. The number of hydrogen-bond acceptors (Lipinski definition) is 2. The number of ketones is 1. The Bertz CT molecular complexity index is 646. The van der Waals surface area contributed by atoms with Crippen LogP contribution in [-0.2, 0) is 5.41 Å². The summed E-state index contributed by atoms with van der Waals surface area (Å²) in [5, 5.41) is 0. The third-order valence-electron chi connectivity index (χ3n) is 5.23. The first-order valence-corrected chi connectivity index (χ1v) is 10.2. The Morgan fingerprint density at radius 3 is 2.33 bits per heavy atom. The molecule has 0 N–H and O–H groups in total. The van der Waals surface area contributed by atoms with Crippen molar-refractivity contribution in [1.82, 2.24) is 0 Å². The summed E-state index contributed by atoms with van der Waals surface area (Å²) < 4.78 is 0. The SMILES string of the molecule is CCCC(C(=O)c1ccccc1)(c1ccccc1)C1CCCSC1. The minimum atomic E-state index is -0.384. The van der Waals surface area contributed by atoms with Gasteiger partial charge in [-0.1, -0.05) is 74.0 Å². The van der Waals surface area contributed by atoms with Crippen molar-refractivity contribution in [2.75, 3.05) is 11.5 Å². The largest absolute Gasteiger partial charge is 0.293 e. The van der Waals surface area contributed by atoms with E-state index in [1.54, 1.807) is 0 Å². The molecular formula is C22H26OS. The van der Waals surface area contributed by atoms with Gasteiger partial charge in [-0.2, -0.15) is 11.8 Å². The molecule has 24 heavy (non-hydrogen) atoms. The molecule has 3 rings (SSSR count). The van der Waals surface area contributed by atoms with Gasteiger partial charge in [-0.3, -0.25) is 4.79 Å². The molecule has 2 atom stereocenters. The Hall–Kier alpha value is -1.54. The molecule has 0 bridgehead atoms. The van der Waals surface area contributed by atoms with Crippen molar-refractivity contribution < 1.29 is 4.79 Å². The number of carbonyl (C=O) groups excluding carboxylic acids is 1. The molecule has 1 fully saturated rings. The van der Waals surface area contributed by atoms with Gasteiger partial charge in [0.25, 0.3) is 0 Å². The normalized spacial score (nSPS) is 20.3. The number of Topliss-reactive ketones (excluding diaryl/α,β-unsaturated/α-hetero) is 1. The molecule has 0 aromatic heterocycles. The first kappa shape index (κ1) is 17.3. The zero-order valence-electron chi connectivity index (χ0n) is 14.4. The van der Waals surface area contributed by atoms with Gasteiger partial charge in [0.15, 0.2) is 5.78 Å². The van der Waals surface area contributed by atoms with Crippen molar-refractivity contribution in [2.24, 2.45) is 5.92 Å². The van der Waals surface area contributed by atoms with E-state index in [0.29, 0.717) is 11.7 Å². The molecule has 0 saturated carbocycles. The van der Waals surface area contributed by atoms with Crippen LogP contribution in [0, 0.1) is 5.92 Å². The van der Waals surface area contributed by atoms with Crippen molar-refractivity contribution >= 4 is 17.5 Å². The van der Waals surface area contributed by atoms with Crippen LogP contribution in [0.25, 0.3) is 0 Å². The zero-order valence-corrected chi connectivity index (χ0v) is 15.2. The van der Waals surface area contributed by atoms with Crippen molar-refractivity contribution in [1.29, 1.82) is 0 Å². The van der Waals surface area contributed by atoms with Crippen LogP contribution >= 0.6 is 11.8 Å². The van der Waals surface area contributed by atoms with Crippen molar-refractivity contribution in [3.05, 3.63) is 71.8 Å². The van der Waals surface area contributed by atoms with Gasteiger partial charge in [-0.05, 0) is 42.2 Å². The van der Waals surface area contributed by atoms with Crippen LogP contribution in [0.1, 0.15) is 48.5 Å². The summed E-state index contributed by atoms with van der Waals surface area (Å²) in [7, 11) is 0. The molecule has 1 nitrogen and oxygen atoms in total. The van der Waals surface area contributed by atoms with E-state index < -0.39 is 0 Å². The Balaban J connectivity index is 2.12. The van der Waals surface area contributed by atoms with E-state index in [1.165, 1.54) is 17.7 Å². The average molecular weight is 339 g/mol. The van der Waals surface area contributed by atoms with Gasteiger partial charge < -0.3 is 0 Å². The van der Waals surface area contributed by atoms with E-state index in [4.69, 9.17) is 0 Å². The fourth-order valence-electron chi connectivity index (χ4n) is 4.12. The molecule has 0 amide bonds. The topological polar surface area (TPSA) is 17.1 Å². The predicted octanol–water partition coefficient (Wildman–Crippen LogP) is 5.75. The molecule has 2 unspecified atom stereocenters. The average Bonchev–Trinajstić information content (AvgIpc) is 2.68. The Kier molecular flexibility index (Phi) is 5.78. The second-order valence-corrected chi connectivity index (χ2v) is 7.85. The lowest BCUT2D eigenvalue weighted by Crippen LogP contribution is -2.45. The van der Waals surface area contributed by atoms with Crippen molar-refractivity contribution in [3.8, 4) is 0 Å². The van der Waals surface area contributed by atoms with E-state index >= 15 is 0 Å². The number of hydrogen-bond donors (Lipinski definition) is 0. The molecule has 126 valence electrons. The summed E-state index contributed by atoms with van der Waals surface area (Å²) in [5.74, 6) is 3.05. The smallest absolute Gasteiger partial charge is 0.173 e. The van der Waals surface area contributed by atoms with E-state index in [1.807, 2.05) is 48.2 Å². The Morgan fingerprint density at radius 1 is 1.08 bits per heavy atom. The van der Waals surface area contributed by atoms with E-state index in [2.05, 4.69) is 31.2 Å². The summed E-state index contributed by atoms with van der Waals surface area (Å²) in [6.45, 7) is 2.20. The number of thioether (sulfide) groups is 1. The molecule has 2 aromatic rings. The fraction of sp³-hybridized carbons (Fsp3) is 0.409. The van der Waals surface area contributed by atoms with Crippen LogP contribution in [0.4, 0.5) is 0 Å². The molecule has 1 heterocycles. The minimum absolute atomic E-state index is 0.309. The maximum Gasteiger partial charge on any atom is 0.173 e. The van der Waals surface area contributed by atoms with Gasteiger partial charge in [0.1, 0.15) is 0 Å². The molecule has 0 aliphatic carbocycles. The molecular weight excluding hydrogens is 312 g/mol. The maximum atomic E-state index is 13.7. The van der Waals surface area contributed by atoms with Gasteiger partial charge in [0.05, 0.1) is 5.41 Å². The highest BCUT2D eigenvalue weighted by molar-refractivity contribution is 7.99. The van der Waals surface area contributed by atoms with Crippen LogP contribution in [0.3, 0.4) is 0 Å². The summed E-state index contributed by atoms with van der Waals surface area (Å²) in [6, 6.07) is 20.4. The highest BCUT2D eigenvalue weighted by Gasteiger charge is 2.46. The summed E-state index contributed by atoms with van der Waals surface area (Å²) in [4.78, 5) is 13.7. The molecule has 1 saturated heterocycles. The standard InChI is InChI=1S/C22H26OS/c1-2-15-22(19-12-7-4-8-13-19,20-14-9-16-24-17-20)21(23)18-10-5-3-6-11-18/h3-8,10-13,20H,2,9,14-17H2,1H3. The van der Waals surface area contributed by atoms with Crippen LogP contribution in [0.5, 0.6) is 0 Å². The lowest BCUT2D eigenvalue weighted by atomic mass is 9.62. The Morgan fingerprint density at radius 2 is 1.75 bits per heavy atom. The lowest BCUT2D eigenvalue weighted by molar-refractivity contribution is 0.0803. The second kappa shape index (κ2) is 8.02. The van der Waals surface area contributed by atoms with Gasteiger partial charge in [0.2, 0.25) is 0 Å². The lowest BCUT2D eigenvalue weighted by Gasteiger charge is -2.42. The first-order chi connectivity index (χ1) is 11.8. The van der Waals surface area contributed by atoms with Gasteiger partial charge in [-0.25, -0.2) is 0 Å². The van der Waals surface area contributed by atoms with Crippen LogP contribution < -0.4 is 0 Å². The monoisotopic (exact) mass is 338 g/mol. The van der Waals surface area contributed by atoms with Crippen LogP contribution in [0.2, 0.25) is 0 Å². The molecule has 2 heteroatoms. The number of benzene rings is 2. The van der Waals surface area contributed by atoms with E-state index in [-0.39, 0.29) is 5.41 Å². The highest BCUT2D eigenvalue weighted by Crippen LogP contribution is 2.45. The van der Waals surface area contributed by atoms with Crippen LogP contribution in [-0.4, -0.2) is 17.3 Å². The van der Waals surface area contributed by atoms with Gasteiger partial charge in [0, 0.05) is 5.56 Å². The second-order valence-electron chi connectivity index (χ2n) is 6.70. The van der Waals surface area contributed by atoms with Gasteiger partial charge in [-0.15, -0.1) is 0 Å². The Labute approximate surface area is 149 Å². The molecule has 2 aromatic carbocycles. The quantitative estimate of drug-likeness (QED) is 0.624. The third-order valence-corrected chi connectivity index (χ3v) is 6.45. The van der Waals surface area contributed by atoms with Crippen molar-refractivity contribution in [3.63, 3.8) is 0 Å². The zero-order chi connectivity index (χ0) is 16.8. The molecule has 0 spiro atoms. The number of carbonyl (C=O) groups is 1. The van der Waals surface area contributed by atoms with Crippen molar-refractivity contribution in [2.45, 2.75) is 38.0 Å². The molecule has 0 radical (unpaired) electrons. The summed E-state index contributed by atoms with van der Waals surface area (Å²) >= 11 is 2.01. The minimum Gasteiger partial charge on any atom is -0.293 e. The fourth-order valence-corrected chi connectivity index (χ4v) is 5.39. The highest BCUT2D eigenvalue weighted by atomic mass is 32.2. The summed E-state index contributed by atoms with van der Waals surface area (Å²) in [6.07, 6.45) is 4.32.